The van der Waals surface area contributed by atoms with E-state index in [1.807, 2.05) is 19.1 Å². The summed E-state index contributed by atoms with van der Waals surface area (Å²) in [5.41, 5.74) is 2.09. The fraction of sp³-hybridized carbons (Fsp3) is 0.615. The van der Waals surface area contributed by atoms with Crippen LogP contribution in [0.5, 0.6) is 5.75 Å². The third kappa shape index (κ3) is 3.33. The van der Waals surface area contributed by atoms with E-state index >= 15 is 0 Å². The van der Waals surface area contributed by atoms with Crippen LogP contribution in [0.1, 0.15) is 17.8 Å². The summed E-state index contributed by atoms with van der Waals surface area (Å²) in [5, 5.41) is 0. The predicted octanol–water partition coefficient (Wildman–Crippen LogP) is 2.46. The van der Waals surface area contributed by atoms with Crippen LogP contribution in [0.15, 0.2) is 12.1 Å². The molecule has 0 spiro atoms. The van der Waals surface area contributed by atoms with Gasteiger partial charge in [-0.15, -0.1) is 11.6 Å². The van der Waals surface area contributed by atoms with Crippen molar-refractivity contribution in [2.45, 2.75) is 19.9 Å². The number of likely N-dealkylation sites (tertiary alicyclic amines) is 1. The second kappa shape index (κ2) is 5.69. The molecule has 1 aromatic heterocycles. The van der Waals surface area contributed by atoms with E-state index in [1.54, 1.807) is 7.11 Å². The molecule has 94 valence electrons. The van der Waals surface area contributed by atoms with Gasteiger partial charge in [0.1, 0.15) is 5.75 Å². The van der Waals surface area contributed by atoms with E-state index in [9.17, 15) is 0 Å². The van der Waals surface area contributed by atoms with Crippen molar-refractivity contribution in [2.24, 2.45) is 5.92 Å². The van der Waals surface area contributed by atoms with Crippen LogP contribution >= 0.6 is 11.6 Å². The summed E-state index contributed by atoms with van der Waals surface area (Å²) in [6.07, 6.45) is 1.20. The summed E-state index contributed by atoms with van der Waals surface area (Å²) in [4.78, 5) is 6.95. The van der Waals surface area contributed by atoms with Gasteiger partial charge in [-0.05, 0) is 25.8 Å². The van der Waals surface area contributed by atoms with Gasteiger partial charge >= 0.3 is 0 Å². The quantitative estimate of drug-likeness (QED) is 0.772. The van der Waals surface area contributed by atoms with Gasteiger partial charge in [0.25, 0.3) is 0 Å². The van der Waals surface area contributed by atoms with Gasteiger partial charge in [0.2, 0.25) is 0 Å². The minimum atomic E-state index is 0.642. The van der Waals surface area contributed by atoms with Gasteiger partial charge in [-0.3, -0.25) is 9.88 Å². The summed E-state index contributed by atoms with van der Waals surface area (Å²) < 4.78 is 5.26. The molecule has 2 heterocycles. The molecule has 0 saturated carbocycles. The van der Waals surface area contributed by atoms with Gasteiger partial charge < -0.3 is 4.74 Å². The van der Waals surface area contributed by atoms with Crippen LogP contribution in [-0.2, 0) is 6.54 Å². The standard InChI is InChI=1S/C13H19ClN2O/c1-10-5-13(17-2)6-12(15-10)9-16-4-3-11(7-14)8-16/h5-6,11H,3-4,7-9H2,1-2H3. The summed E-state index contributed by atoms with van der Waals surface area (Å²) >= 11 is 5.89. The molecule has 1 atom stereocenters. The van der Waals surface area contributed by atoms with Crippen LogP contribution in [0.2, 0.25) is 0 Å². The summed E-state index contributed by atoms with van der Waals surface area (Å²) in [5.74, 6) is 2.30. The Hall–Kier alpha value is -0.800. The molecule has 3 nitrogen and oxygen atoms in total. The second-order valence-electron chi connectivity index (χ2n) is 4.68. The Kier molecular flexibility index (Phi) is 4.24. The molecule has 17 heavy (non-hydrogen) atoms. The number of alkyl halides is 1. The molecular weight excluding hydrogens is 236 g/mol. The van der Waals surface area contributed by atoms with Crippen LogP contribution in [-0.4, -0.2) is 36.0 Å². The monoisotopic (exact) mass is 254 g/mol. The van der Waals surface area contributed by atoms with Crippen LogP contribution in [0, 0.1) is 12.8 Å². The Balaban J connectivity index is 2.01. The lowest BCUT2D eigenvalue weighted by Crippen LogP contribution is -2.21. The van der Waals surface area contributed by atoms with Crippen LogP contribution < -0.4 is 4.74 Å². The average Bonchev–Trinajstić information content (AvgIpc) is 2.76. The Morgan fingerprint density at radius 3 is 3.00 bits per heavy atom. The molecule has 0 N–H and O–H groups in total. The lowest BCUT2D eigenvalue weighted by atomic mass is 10.2. The van der Waals surface area contributed by atoms with Crippen molar-refractivity contribution in [2.75, 3.05) is 26.1 Å². The van der Waals surface area contributed by atoms with Crippen molar-refractivity contribution in [3.8, 4) is 5.75 Å². The molecule has 1 aliphatic rings. The van der Waals surface area contributed by atoms with Gasteiger partial charge in [-0.1, -0.05) is 0 Å². The summed E-state index contributed by atoms with van der Waals surface area (Å²) in [6, 6.07) is 3.97. The Labute approximate surface area is 108 Å². The van der Waals surface area contributed by atoms with Gasteiger partial charge in [-0.2, -0.15) is 0 Å². The topological polar surface area (TPSA) is 25.4 Å². The Bertz CT molecular complexity index is 384. The van der Waals surface area contributed by atoms with E-state index in [0.717, 1.165) is 42.7 Å². The molecule has 1 aliphatic heterocycles. The molecule has 0 aliphatic carbocycles. The maximum Gasteiger partial charge on any atom is 0.122 e. The fourth-order valence-corrected chi connectivity index (χ4v) is 2.57. The molecule has 0 radical (unpaired) electrons. The van der Waals surface area contributed by atoms with Crippen molar-refractivity contribution in [3.05, 3.63) is 23.5 Å². The molecule has 0 amide bonds. The molecule has 1 fully saturated rings. The van der Waals surface area contributed by atoms with E-state index in [2.05, 4.69) is 9.88 Å². The van der Waals surface area contributed by atoms with Crippen LogP contribution in [0.25, 0.3) is 0 Å². The lowest BCUT2D eigenvalue weighted by molar-refractivity contribution is 0.315. The predicted molar refractivity (Wildman–Crippen MR) is 69.6 cm³/mol. The number of hydrogen-bond acceptors (Lipinski definition) is 3. The van der Waals surface area contributed by atoms with Gasteiger partial charge in [0.05, 0.1) is 12.8 Å². The van der Waals surface area contributed by atoms with Crippen molar-refractivity contribution in [3.63, 3.8) is 0 Å². The number of methoxy groups -OCH3 is 1. The Morgan fingerprint density at radius 2 is 2.35 bits per heavy atom. The molecule has 1 saturated heterocycles. The number of hydrogen-bond donors (Lipinski definition) is 0. The summed E-state index contributed by atoms with van der Waals surface area (Å²) in [7, 11) is 1.69. The SMILES string of the molecule is COc1cc(C)nc(CN2CCC(CCl)C2)c1. The first-order valence-corrected chi connectivity index (χ1v) is 6.54. The minimum absolute atomic E-state index is 0.642. The van der Waals surface area contributed by atoms with Crippen LogP contribution in [0.3, 0.4) is 0 Å². The molecular formula is C13H19ClN2O. The second-order valence-corrected chi connectivity index (χ2v) is 4.99. The number of ether oxygens (including phenoxy) is 1. The normalized spacial score (nSPS) is 20.8. The fourth-order valence-electron chi connectivity index (χ4n) is 2.31. The minimum Gasteiger partial charge on any atom is -0.497 e. The maximum atomic E-state index is 5.89. The van der Waals surface area contributed by atoms with Crippen LogP contribution in [0.4, 0.5) is 0 Å². The zero-order valence-electron chi connectivity index (χ0n) is 10.4. The third-order valence-corrected chi connectivity index (χ3v) is 3.63. The molecule has 2 rings (SSSR count). The zero-order chi connectivity index (χ0) is 12.3. The maximum absolute atomic E-state index is 5.89. The first-order valence-electron chi connectivity index (χ1n) is 6.01. The highest BCUT2D eigenvalue weighted by Gasteiger charge is 2.21. The first-order chi connectivity index (χ1) is 8.21. The van der Waals surface area contributed by atoms with E-state index in [0.29, 0.717) is 5.92 Å². The number of halogens is 1. The van der Waals surface area contributed by atoms with Crippen molar-refractivity contribution >= 4 is 11.6 Å². The number of aromatic nitrogens is 1. The third-order valence-electron chi connectivity index (χ3n) is 3.19. The van der Waals surface area contributed by atoms with Gasteiger partial charge in [0.15, 0.2) is 0 Å². The molecule has 4 heteroatoms. The highest BCUT2D eigenvalue weighted by Crippen LogP contribution is 2.21. The van der Waals surface area contributed by atoms with Crippen molar-refractivity contribution in [1.82, 2.24) is 9.88 Å². The molecule has 1 aromatic rings. The van der Waals surface area contributed by atoms with E-state index < -0.39 is 0 Å². The first kappa shape index (κ1) is 12.7. The van der Waals surface area contributed by atoms with E-state index in [1.165, 1.54) is 6.42 Å². The number of pyridine rings is 1. The summed E-state index contributed by atoms with van der Waals surface area (Å²) in [6.45, 7) is 5.10. The average molecular weight is 255 g/mol. The molecule has 0 aromatic carbocycles. The lowest BCUT2D eigenvalue weighted by Gasteiger charge is -2.15. The molecule has 1 unspecified atom stereocenters. The number of rotatable bonds is 4. The number of nitrogens with zero attached hydrogens (tertiary/aromatic N) is 2. The number of aryl methyl sites for hydroxylation is 1. The highest BCUT2D eigenvalue weighted by molar-refractivity contribution is 6.18. The zero-order valence-corrected chi connectivity index (χ0v) is 11.2. The largest absolute Gasteiger partial charge is 0.497 e. The van der Waals surface area contributed by atoms with Crippen molar-refractivity contribution < 1.29 is 4.74 Å². The highest BCUT2D eigenvalue weighted by atomic mass is 35.5. The molecule has 0 bridgehead atoms. The van der Waals surface area contributed by atoms with Gasteiger partial charge in [-0.25, -0.2) is 0 Å². The van der Waals surface area contributed by atoms with Crippen molar-refractivity contribution in [1.29, 1.82) is 0 Å². The van der Waals surface area contributed by atoms with E-state index in [4.69, 9.17) is 16.3 Å². The van der Waals surface area contributed by atoms with Gasteiger partial charge in [0, 0.05) is 36.8 Å². The smallest absolute Gasteiger partial charge is 0.122 e. The Morgan fingerprint density at radius 1 is 1.53 bits per heavy atom. The van der Waals surface area contributed by atoms with E-state index in [-0.39, 0.29) is 0 Å².